The molecule has 0 amide bonds. The molecule has 72 valence electrons. The number of pyridine rings is 1. The van der Waals surface area contributed by atoms with Crippen molar-refractivity contribution in [3.8, 4) is 0 Å². The largest absolute Gasteiger partial charge is 0.475 e. The van der Waals surface area contributed by atoms with Crippen molar-refractivity contribution >= 4 is 28.8 Å². The lowest BCUT2D eigenvalue weighted by molar-refractivity contribution is 0.0683. The third kappa shape index (κ3) is 1.18. The number of hydrogen-bond donors (Lipinski definition) is 2. The molecule has 0 aliphatic carbocycles. The van der Waals surface area contributed by atoms with E-state index in [2.05, 4.69) is 4.98 Å². The highest BCUT2D eigenvalue weighted by atomic mass is 35.5. The van der Waals surface area contributed by atoms with Crippen LogP contribution in [0.25, 0.3) is 5.52 Å². The predicted molar refractivity (Wildman–Crippen MR) is 51.6 cm³/mol. The van der Waals surface area contributed by atoms with Gasteiger partial charge in [-0.05, 0) is 12.1 Å². The number of rotatable bonds is 1. The van der Waals surface area contributed by atoms with E-state index >= 15 is 0 Å². The van der Waals surface area contributed by atoms with E-state index in [-0.39, 0.29) is 11.0 Å². The molecule has 2 aromatic heterocycles. The van der Waals surface area contributed by atoms with Gasteiger partial charge >= 0.3 is 5.97 Å². The molecule has 0 spiro atoms. The lowest BCUT2D eigenvalue weighted by Gasteiger charge is -1.97. The Hall–Kier alpha value is -1.75. The minimum atomic E-state index is -1.13. The van der Waals surface area contributed by atoms with Crippen LogP contribution in [-0.2, 0) is 0 Å². The number of nitrogens with zero attached hydrogens (tertiary/aromatic N) is 2. The summed E-state index contributed by atoms with van der Waals surface area (Å²) in [7, 11) is 0. The molecule has 3 N–H and O–H groups in total. The number of halogens is 1. The number of imidazole rings is 1. The summed E-state index contributed by atoms with van der Waals surface area (Å²) < 4.78 is 1.38. The van der Waals surface area contributed by atoms with Gasteiger partial charge in [-0.25, -0.2) is 9.78 Å². The van der Waals surface area contributed by atoms with Crippen LogP contribution in [0, 0.1) is 0 Å². The zero-order valence-corrected chi connectivity index (χ0v) is 7.69. The van der Waals surface area contributed by atoms with Crippen LogP contribution >= 0.6 is 11.6 Å². The van der Waals surface area contributed by atoms with Crippen molar-refractivity contribution in [2.45, 2.75) is 0 Å². The fourth-order valence-electron chi connectivity index (χ4n) is 1.22. The molecule has 6 heteroatoms. The zero-order chi connectivity index (χ0) is 10.3. The summed E-state index contributed by atoms with van der Waals surface area (Å²) in [6.07, 6.45) is 1.52. The molecule has 0 fully saturated rings. The van der Waals surface area contributed by atoms with Gasteiger partial charge < -0.3 is 10.8 Å². The first-order chi connectivity index (χ1) is 6.59. The second-order valence-corrected chi connectivity index (χ2v) is 3.10. The molecular formula is C8H6ClN3O2. The Balaban J connectivity index is 2.84. The van der Waals surface area contributed by atoms with Crippen LogP contribution in [0.3, 0.4) is 0 Å². The number of carboxylic acids is 1. The number of aromatic nitrogens is 2. The molecule has 14 heavy (non-hydrogen) atoms. The molecule has 0 bridgehead atoms. The average molecular weight is 212 g/mol. The molecule has 2 rings (SSSR count). The molecule has 5 nitrogen and oxygen atoms in total. The molecule has 0 saturated carbocycles. The van der Waals surface area contributed by atoms with Crippen molar-refractivity contribution in [1.82, 2.24) is 9.38 Å². The fraction of sp³-hybridized carbons (Fsp3) is 0. The maximum atomic E-state index is 10.7. The topological polar surface area (TPSA) is 80.6 Å². The number of carbonyl (C=O) groups is 1. The Bertz CT molecular complexity index is 521. The molecule has 0 aromatic carbocycles. The summed E-state index contributed by atoms with van der Waals surface area (Å²) in [5.74, 6) is -1.25. The van der Waals surface area contributed by atoms with Gasteiger partial charge in [0.25, 0.3) is 0 Å². The van der Waals surface area contributed by atoms with E-state index in [0.717, 1.165) is 0 Å². The maximum Gasteiger partial charge on any atom is 0.372 e. The molecule has 0 atom stereocenters. The van der Waals surface area contributed by atoms with E-state index in [1.165, 1.54) is 10.6 Å². The second kappa shape index (κ2) is 2.88. The van der Waals surface area contributed by atoms with Gasteiger partial charge in [-0.3, -0.25) is 4.40 Å². The summed E-state index contributed by atoms with van der Waals surface area (Å²) in [4.78, 5) is 14.4. The van der Waals surface area contributed by atoms with Crippen LogP contribution in [0.4, 0.5) is 5.69 Å². The van der Waals surface area contributed by atoms with Gasteiger partial charge in [0.2, 0.25) is 5.82 Å². The molecular weight excluding hydrogens is 206 g/mol. The van der Waals surface area contributed by atoms with Crippen LogP contribution < -0.4 is 5.73 Å². The molecule has 2 heterocycles. The minimum Gasteiger partial charge on any atom is -0.475 e. The first kappa shape index (κ1) is 8.83. The van der Waals surface area contributed by atoms with Gasteiger partial charge in [0, 0.05) is 11.9 Å². The number of nitrogens with two attached hydrogens (primary N) is 1. The zero-order valence-electron chi connectivity index (χ0n) is 6.94. The number of anilines is 1. The Morgan fingerprint density at radius 2 is 2.36 bits per heavy atom. The third-order valence-electron chi connectivity index (χ3n) is 1.81. The van der Waals surface area contributed by atoms with Crippen molar-refractivity contribution in [1.29, 1.82) is 0 Å². The van der Waals surface area contributed by atoms with Gasteiger partial charge in [0.1, 0.15) is 0 Å². The Morgan fingerprint density at radius 1 is 1.64 bits per heavy atom. The average Bonchev–Trinajstić information content (AvgIpc) is 2.44. The predicted octanol–water partition coefficient (Wildman–Crippen LogP) is 1.27. The van der Waals surface area contributed by atoms with Gasteiger partial charge in [-0.2, -0.15) is 0 Å². The van der Waals surface area contributed by atoms with Crippen LogP contribution in [0.5, 0.6) is 0 Å². The first-order valence-corrected chi connectivity index (χ1v) is 4.14. The normalized spacial score (nSPS) is 10.6. The van der Waals surface area contributed by atoms with E-state index < -0.39 is 5.97 Å². The summed E-state index contributed by atoms with van der Waals surface area (Å²) in [6, 6.07) is 3.15. The second-order valence-electron chi connectivity index (χ2n) is 2.75. The standard InChI is InChI=1S/C8H6ClN3O2/c9-6-5-3-4(10)1-2-12(5)7(11-6)8(13)14/h1-3H,10H2,(H,13,14). The lowest BCUT2D eigenvalue weighted by Crippen LogP contribution is -2.03. The number of hydrogen-bond acceptors (Lipinski definition) is 3. The number of nitrogen functional groups attached to an aromatic ring is 1. The smallest absolute Gasteiger partial charge is 0.372 e. The summed E-state index contributed by atoms with van der Waals surface area (Å²) in [6.45, 7) is 0. The van der Waals surface area contributed by atoms with Gasteiger partial charge in [0.05, 0.1) is 5.52 Å². The minimum absolute atomic E-state index is 0.120. The van der Waals surface area contributed by atoms with Crippen LogP contribution in [0.1, 0.15) is 10.6 Å². The van der Waals surface area contributed by atoms with E-state index in [1.807, 2.05) is 0 Å². The highest BCUT2D eigenvalue weighted by Gasteiger charge is 2.14. The van der Waals surface area contributed by atoms with Gasteiger partial charge in [-0.15, -0.1) is 0 Å². The molecule has 0 unspecified atom stereocenters. The summed E-state index contributed by atoms with van der Waals surface area (Å²) in [5.41, 5.74) is 6.53. The van der Waals surface area contributed by atoms with Crippen molar-refractivity contribution in [2.24, 2.45) is 0 Å². The van der Waals surface area contributed by atoms with E-state index in [1.54, 1.807) is 12.1 Å². The number of carboxylic acid groups (broad SMARTS) is 1. The fourth-order valence-corrected chi connectivity index (χ4v) is 1.44. The first-order valence-electron chi connectivity index (χ1n) is 3.76. The van der Waals surface area contributed by atoms with Crippen LogP contribution in [0.15, 0.2) is 18.3 Å². The van der Waals surface area contributed by atoms with Crippen LogP contribution in [0.2, 0.25) is 5.15 Å². The summed E-state index contributed by atoms with van der Waals surface area (Å²) in [5, 5.41) is 8.93. The Labute approximate surface area is 83.7 Å². The molecule has 0 aliphatic heterocycles. The monoisotopic (exact) mass is 211 g/mol. The van der Waals surface area contributed by atoms with Crippen molar-refractivity contribution < 1.29 is 9.90 Å². The van der Waals surface area contributed by atoms with Gasteiger partial charge in [-0.1, -0.05) is 11.6 Å². The number of aromatic carboxylic acids is 1. The molecule has 2 aromatic rings. The van der Waals surface area contributed by atoms with Crippen LogP contribution in [-0.4, -0.2) is 20.5 Å². The van der Waals surface area contributed by atoms with E-state index in [0.29, 0.717) is 11.2 Å². The highest BCUT2D eigenvalue weighted by Crippen LogP contribution is 2.20. The molecule has 0 aliphatic rings. The Kier molecular flexibility index (Phi) is 1.82. The molecule has 0 saturated heterocycles. The highest BCUT2D eigenvalue weighted by molar-refractivity contribution is 6.33. The SMILES string of the molecule is Nc1ccn2c(C(=O)O)nc(Cl)c2c1. The van der Waals surface area contributed by atoms with Crippen molar-refractivity contribution in [3.05, 3.63) is 29.3 Å². The Morgan fingerprint density at radius 3 is 3.00 bits per heavy atom. The maximum absolute atomic E-state index is 10.7. The number of fused-ring (bicyclic) bond motifs is 1. The van der Waals surface area contributed by atoms with Crippen molar-refractivity contribution in [3.63, 3.8) is 0 Å². The lowest BCUT2D eigenvalue weighted by atomic mass is 10.4. The van der Waals surface area contributed by atoms with Gasteiger partial charge in [0.15, 0.2) is 5.15 Å². The van der Waals surface area contributed by atoms with E-state index in [4.69, 9.17) is 22.4 Å². The third-order valence-corrected chi connectivity index (χ3v) is 2.09. The van der Waals surface area contributed by atoms with Crippen molar-refractivity contribution in [2.75, 3.05) is 5.73 Å². The summed E-state index contributed by atoms with van der Waals surface area (Å²) >= 11 is 5.74. The molecule has 0 radical (unpaired) electrons. The quantitative estimate of drug-likeness (QED) is 0.744. The van der Waals surface area contributed by atoms with E-state index in [9.17, 15) is 4.79 Å².